The molecule has 6 heteroatoms. The third-order valence-corrected chi connectivity index (χ3v) is 5.40. The van der Waals surface area contributed by atoms with Crippen molar-refractivity contribution >= 4 is 23.2 Å². The Labute approximate surface area is 186 Å². The largest absolute Gasteiger partial charge is 0.319 e. The maximum absolute atomic E-state index is 13.0. The molecule has 0 radical (unpaired) electrons. The van der Waals surface area contributed by atoms with Gasteiger partial charge in [-0.1, -0.05) is 35.9 Å². The molecule has 0 fully saturated rings. The van der Waals surface area contributed by atoms with Crippen LogP contribution >= 0.6 is 11.6 Å². The molecule has 0 saturated carbocycles. The van der Waals surface area contributed by atoms with E-state index in [1.165, 1.54) is 0 Å². The number of amides is 1. The second-order valence-electron chi connectivity index (χ2n) is 7.74. The van der Waals surface area contributed by atoms with E-state index in [4.69, 9.17) is 11.6 Å². The summed E-state index contributed by atoms with van der Waals surface area (Å²) in [7, 11) is 0. The van der Waals surface area contributed by atoms with Gasteiger partial charge >= 0.3 is 0 Å². The summed E-state index contributed by atoms with van der Waals surface area (Å²) in [5, 5.41) is 8.17. The number of hydrogen-bond donors (Lipinski definition) is 1. The summed E-state index contributed by atoms with van der Waals surface area (Å²) < 4.78 is 1.73. The highest BCUT2D eigenvalue weighted by Gasteiger charge is 2.20. The van der Waals surface area contributed by atoms with Crippen molar-refractivity contribution in [3.63, 3.8) is 0 Å². The maximum Gasteiger partial charge on any atom is 0.295 e. The van der Waals surface area contributed by atoms with E-state index in [1.54, 1.807) is 16.8 Å². The van der Waals surface area contributed by atoms with Crippen LogP contribution in [0.15, 0.2) is 60.7 Å². The zero-order valence-corrected chi connectivity index (χ0v) is 18.7. The average molecular weight is 431 g/mol. The number of rotatable bonds is 4. The lowest BCUT2D eigenvalue weighted by atomic mass is 10.1. The summed E-state index contributed by atoms with van der Waals surface area (Å²) in [6, 6.07) is 19.4. The highest BCUT2D eigenvalue weighted by atomic mass is 35.5. The van der Waals surface area contributed by atoms with Crippen LogP contribution in [-0.2, 0) is 0 Å². The van der Waals surface area contributed by atoms with Crippen LogP contribution in [0, 0.1) is 27.7 Å². The lowest BCUT2D eigenvalue weighted by molar-refractivity contribution is 0.101. The Hall–Kier alpha value is -3.44. The molecule has 5 nitrogen and oxygen atoms in total. The molecule has 0 saturated heterocycles. The predicted molar refractivity (Wildman–Crippen MR) is 125 cm³/mol. The van der Waals surface area contributed by atoms with E-state index in [0.29, 0.717) is 10.8 Å². The molecule has 4 rings (SSSR count). The molecular formula is C25H23ClN4O. The first-order valence-electron chi connectivity index (χ1n) is 10.0. The number of hydrogen-bond acceptors (Lipinski definition) is 3. The molecule has 1 N–H and O–H groups in total. The number of nitrogens with zero attached hydrogens (tertiary/aromatic N) is 3. The van der Waals surface area contributed by atoms with Crippen LogP contribution in [0.4, 0.5) is 5.69 Å². The number of aryl methyl sites for hydroxylation is 4. The first kappa shape index (κ1) is 20.8. The third kappa shape index (κ3) is 4.37. The molecule has 31 heavy (non-hydrogen) atoms. The van der Waals surface area contributed by atoms with E-state index in [9.17, 15) is 4.79 Å². The van der Waals surface area contributed by atoms with Gasteiger partial charge < -0.3 is 5.32 Å². The van der Waals surface area contributed by atoms with Gasteiger partial charge in [0.2, 0.25) is 5.82 Å². The van der Waals surface area contributed by atoms with Gasteiger partial charge in [-0.2, -0.15) is 0 Å². The average Bonchev–Trinajstić information content (AvgIpc) is 3.18. The lowest BCUT2D eigenvalue weighted by Crippen LogP contribution is -2.15. The van der Waals surface area contributed by atoms with Crippen molar-refractivity contribution in [2.45, 2.75) is 27.7 Å². The third-order valence-electron chi connectivity index (χ3n) is 5.15. The van der Waals surface area contributed by atoms with Gasteiger partial charge in [0.05, 0.1) is 5.69 Å². The maximum atomic E-state index is 13.0. The van der Waals surface area contributed by atoms with Crippen molar-refractivity contribution in [2.75, 3.05) is 5.32 Å². The van der Waals surface area contributed by atoms with Gasteiger partial charge in [-0.05, 0) is 86.3 Å². The van der Waals surface area contributed by atoms with Crippen LogP contribution in [0.25, 0.3) is 17.1 Å². The zero-order chi connectivity index (χ0) is 22.1. The Bertz CT molecular complexity index is 1280. The van der Waals surface area contributed by atoms with Crippen molar-refractivity contribution in [1.29, 1.82) is 0 Å². The Morgan fingerprint density at radius 3 is 2.23 bits per heavy atom. The van der Waals surface area contributed by atoms with Crippen LogP contribution in [0.5, 0.6) is 0 Å². The minimum Gasteiger partial charge on any atom is -0.319 e. The summed E-state index contributed by atoms with van der Waals surface area (Å²) in [4.78, 5) is 17.6. The quantitative estimate of drug-likeness (QED) is 0.427. The van der Waals surface area contributed by atoms with Gasteiger partial charge in [-0.3, -0.25) is 4.79 Å². The van der Waals surface area contributed by atoms with Crippen molar-refractivity contribution in [2.24, 2.45) is 0 Å². The van der Waals surface area contributed by atoms with E-state index < -0.39 is 0 Å². The van der Waals surface area contributed by atoms with Gasteiger partial charge in [0.1, 0.15) is 0 Å². The van der Waals surface area contributed by atoms with Gasteiger partial charge in [0.25, 0.3) is 5.91 Å². The Morgan fingerprint density at radius 1 is 0.871 bits per heavy atom. The minimum absolute atomic E-state index is 0.103. The fourth-order valence-electron chi connectivity index (χ4n) is 3.36. The molecule has 1 amide bonds. The first-order chi connectivity index (χ1) is 14.8. The van der Waals surface area contributed by atoms with Gasteiger partial charge in [-0.25, -0.2) is 9.67 Å². The van der Waals surface area contributed by atoms with E-state index in [0.717, 1.165) is 39.2 Å². The molecule has 1 heterocycles. The van der Waals surface area contributed by atoms with Crippen molar-refractivity contribution in [3.8, 4) is 17.1 Å². The second-order valence-corrected chi connectivity index (χ2v) is 8.18. The van der Waals surface area contributed by atoms with Crippen LogP contribution in [-0.4, -0.2) is 20.7 Å². The smallest absolute Gasteiger partial charge is 0.295 e. The summed E-state index contributed by atoms with van der Waals surface area (Å²) in [5.41, 5.74) is 6.63. The Morgan fingerprint density at radius 2 is 1.52 bits per heavy atom. The highest BCUT2D eigenvalue weighted by Crippen LogP contribution is 2.26. The second kappa shape index (κ2) is 8.36. The van der Waals surface area contributed by atoms with Crippen LogP contribution in [0.3, 0.4) is 0 Å². The predicted octanol–water partition coefficient (Wildman–Crippen LogP) is 6.07. The molecule has 0 atom stereocenters. The fourth-order valence-corrected chi connectivity index (χ4v) is 3.48. The standard InChI is InChI=1S/C25H23ClN4O/c1-15-5-7-17(3)21(13-15)27-25(31)23-28-24(19-9-11-20(26)12-10-19)30(29-23)22-14-16(2)6-8-18(22)4/h5-14H,1-4H3,(H,27,31). The summed E-state index contributed by atoms with van der Waals surface area (Å²) in [6.07, 6.45) is 0. The summed E-state index contributed by atoms with van der Waals surface area (Å²) >= 11 is 6.07. The lowest BCUT2D eigenvalue weighted by Gasteiger charge is -2.10. The molecule has 0 aliphatic heterocycles. The number of nitrogens with one attached hydrogen (secondary N) is 1. The number of halogens is 1. The molecule has 0 bridgehead atoms. The molecular weight excluding hydrogens is 408 g/mol. The van der Waals surface area contributed by atoms with Gasteiger partial charge in [0, 0.05) is 16.3 Å². The van der Waals surface area contributed by atoms with E-state index in [-0.39, 0.29) is 11.7 Å². The Kier molecular flexibility index (Phi) is 5.61. The van der Waals surface area contributed by atoms with Crippen LogP contribution in [0.1, 0.15) is 32.9 Å². The molecule has 0 spiro atoms. The first-order valence-corrected chi connectivity index (χ1v) is 10.4. The van der Waals surface area contributed by atoms with Gasteiger partial charge in [-0.15, -0.1) is 5.10 Å². The van der Waals surface area contributed by atoms with Crippen LogP contribution in [0.2, 0.25) is 5.02 Å². The van der Waals surface area contributed by atoms with Crippen LogP contribution < -0.4 is 5.32 Å². The molecule has 0 aliphatic rings. The number of benzene rings is 3. The minimum atomic E-state index is -0.354. The normalized spacial score (nSPS) is 10.9. The topological polar surface area (TPSA) is 59.8 Å². The Balaban J connectivity index is 1.81. The monoisotopic (exact) mass is 430 g/mol. The number of carbonyl (C=O) groups excluding carboxylic acids is 1. The van der Waals surface area contributed by atoms with Crippen molar-refractivity contribution in [1.82, 2.24) is 14.8 Å². The summed E-state index contributed by atoms with van der Waals surface area (Å²) in [5.74, 6) is 0.330. The van der Waals surface area contributed by atoms with E-state index in [2.05, 4.69) is 15.4 Å². The van der Waals surface area contributed by atoms with Gasteiger partial charge in [0.15, 0.2) is 5.82 Å². The molecule has 1 aromatic heterocycles. The number of anilines is 1. The number of aromatic nitrogens is 3. The summed E-state index contributed by atoms with van der Waals surface area (Å²) in [6.45, 7) is 7.98. The molecule has 156 valence electrons. The number of carbonyl (C=O) groups is 1. The van der Waals surface area contributed by atoms with Crippen molar-refractivity contribution in [3.05, 3.63) is 93.8 Å². The molecule has 3 aromatic carbocycles. The van der Waals surface area contributed by atoms with Crippen molar-refractivity contribution < 1.29 is 4.79 Å². The van der Waals surface area contributed by atoms with E-state index >= 15 is 0 Å². The molecule has 0 aliphatic carbocycles. The SMILES string of the molecule is Cc1ccc(C)c(NC(=O)c2nc(-c3ccc(Cl)cc3)n(-c3cc(C)ccc3C)n2)c1. The molecule has 0 unspecified atom stereocenters. The molecule has 4 aromatic rings. The zero-order valence-electron chi connectivity index (χ0n) is 17.9. The highest BCUT2D eigenvalue weighted by molar-refractivity contribution is 6.30. The fraction of sp³-hybridized carbons (Fsp3) is 0.160. The van der Waals surface area contributed by atoms with E-state index in [1.807, 2.05) is 76.2 Å².